The number of alkyl carbamates (subject to hydrolysis) is 1. The maximum absolute atomic E-state index is 13.1. The normalized spacial score (nSPS) is 18.6. The highest BCUT2D eigenvalue weighted by Gasteiger charge is 2.36. The van der Waals surface area contributed by atoms with Crippen LogP contribution in [0, 0.1) is 25.7 Å². The van der Waals surface area contributed by atoms with Crippen molar-refractivity contribution in [3.05, 3.63) is 11.5 Å². The van der Waals surface area contributed by atoms with Gasteiger partial charge in [0.05, 0.1) is 12.5 Å². The second kappa shape index (κ2) is 10.9. The topological polar surface area (TPSA) is 131 Å². The molecular weight excluding hydrogens is 424 g/mol. The minimum atomic E-state index is -3.79. The van der Waals surface area contributed by atoms with Crippen LogP contribution in [0.1, 0.15) is 51.5 Å². The quantitative estimate of drug-likeness (QED) is 0.578. The van der Waals surface area contributed by atoms with Gasteiger partial charge in [0.2, 0.25) is 15.9 Å². The summed E-state index contributed by atoms with van der Waals surface area (Å²) in [5, 5.41) is 9.38. The molecule has 1 aromatic rings. The first kappa shape index (κ1) is 25.1. The van der Waals surface area contributed by atoms with Gasteiger partial charge in [-0.25, -0.2) is 13.2 Å². The molecule has 2 atom stereocenters. The molecule has 0 spiro atoms. The van der Waals surface area contributed by atoms with Crippen molar-refractivity contribution in [3.8, 4) is 0 Å². The van der Waals surface area contributed by atoms with Gasteiger partial charge in [-0.15, -0.1) is 0 Å². The molecular formula is C20H34N4O6S. The van der Waals surface area contributed by atoms with Crippen molar-refractivity contribution in [1.29, 1.82) is 0 Å². The van der Waals surface area contributed by atoms with E-state index in [1.807, 2.05) is 13.8 Å². The summed E-state index contributed by atoms with van der Waals surface area (Å²) in [5.41, 5.74) is 0.311. The summed E-state index contributed by atoms with van der Waals surface area (Å²) in [6, 6.07) is -0.270. The lowest BCUT2D eigenvalue weighted by Gasteiger charge is -2.31. The zero-order chi connectivity index (χ0) is 23.2. The molecule has 0 saturated carbocycles. The Hall–Kier alpha value is -2.14. The number of carbonyl (C=O) groups is 2. The minimum absolute atomic E-state index is 0.0733. The van der Waals surface area contributed by atoms with Crippen LogP contribution >= 0.6 is 0 Å². The van der Waals surface area contributed by atoms with E-state index < -0.39 is 22.0 Å². The number of rotatable bonds is 9. The summed E-state index contributed by atoms with van der Waals surface area (Å²) in [6.07, 6.45) is 1.34. The zero-order valence-corrected chi connectivity index (χ0v) is 19.8. The Labute approximate surface area is 184 Å². The Morgan fingerprint density at radius 1 is 1.32 bits per heavy atom. The van der Waals surface area contributed by atoms with Crippen LogP contribution in [-0.4, -0.2) is 62.2 Å². The average Bonchev–Trinajstić information content (AvgIpc) is 3.04. The number of hydrogen-bond acceptors (Lipinski definition) is 7. The van der Waals surface area contributed by atoms with Crippen molar-refractivity contribution in [2.45, 2.75) is 64.8 Å². The highest BCUT2D eigenvalue weighted by Crippen LogP contribution is 2.27. The molecule has 2 N–H and O–H groups in total. The van der Waals surface area contributed by atoms with Crippen molar-refractivity contribution in [2.24, 2.45) is 11.8 Å². The molecule has 2 heterocycles. The monoisotopic (exact) mass is 458 g/mol. The third-order valence-electron chi connectivity index (χ3n) is 5.20. The van der Waals surface area contributed by atoms with Crippen LogP contribution in [0.15, 0.2) is 9.42 Å². The molecule has 176 valence electrons. The third-order valence-corrected chi connectivity index (χ3v) is 7.31. The standard InChI is InChI=1S/C20H34N4O6S/c1-6-29-20(26)22-17(10-13(2)3)11-21-19(25)16-8-7-9-24(12-16)31(27,28)18-14(4)23-30-15(18)5/h13,16-17H,6-12H2,1-5H3,(H,21,25)(H,22,26). The van der Waals surface area contributed by atoms with Crippen LogP contribution in [-0.2, 0) is 19.6 Å². The molecule has 0 aromatic carbocycles. The summed E-state index contributed by atoms with van der Waals surface area (Å²) in [7, 11) is -3.79. The first-order chi connectivity index (χ1) is 14.6. The van der Waals surface area contributed by atoms with E-state index in [0.717, 1.165) is 0 Å². The number of sulfonamides is 1. The molecule has 1 aromatic heterocycles. The van der Waals surface area contributed by atoms with Crippen molar-refractivity contribution in [3.63, 3.8) is 0 Å². The molecule has 1 fully saturated rings. The van der Waals surface area contributed by atoms with Crippen LogP contribution in [0.4, 0.5) is 4.79 Å². The van der Waals surface area contributed by atoms with Gasteiger partial charge >= 0.3 is 6.09 Å². The summed E-state index contributed by atoms with van der Waals surface area (Å²) in [4.78, 5) is 24.6. The Bertz CT molecular complexity index is 848. The lowest BCUT2D eigenvalue weighted by Crippen LogP contribution is -2.49. The van der Waals surface area contributed by atoms with Crippen LogP contribution in [0.5, 0.6) is 0 Å². The predicted octanol–water partition coefficient (Wildman–Crippen LogP) is 1.97. The summed E-state index contributed by atoms with van der Waals surface area (Å²) >= 11 is 0. The highest BCUT2D eigenvalue weighted by atomic mass is 32.2. The Morgan fingerprint density at radius 3 is 2.61 bits per heavy atom. The van der Waals surface area contributed by atoms with E-state index in [-0.39, 0.29) is 42.3 Å². The minimum Gasteiger partial charge on any atom is -0.450 e. The van der Waals surface area contributed by atoms with Gasteiger partial charge < -0.3 is 19.9 Å². The summed E-state index contributed by atoms with van der Waals surface area (Å²) in [6.45, 7) is 9.89. The van der Waals surface area contributed by atoms with Gasteiger partial charge in [0.25, 0.3) is 0 Å². The van der Waals surface area contributed by atoms with E-state index in [4.69, 9.17) is 9.26 Å². The van der Waals surface area contributed by atoms with Gasteiger partial charge in [0.15, 0.2) is 5.76 Å². The zero-order valence-electron chi connectivity index (χ0n) is 18.9. The van der Waals surface area contributed by atoms with Gasteiger partial charge in [0, 0.05) is 25.7 Å². The number of nitrogens with one attached hydrogen (secondary N) is 2. The predicted molar refractivity (Wildman–Crippen MR) is 114 cm³/mol. The lowest BCUT2D eigenvalue weighted by atomic mass is 9.98. The van der Waals surface area contributed by atoms with Crippen LogP contribution in [0.25, 0.3) is 0 Å². The molecule has 0 aliphatic carbocycles. The van der Waals surface area contributed by atoms with Crippen LogP contribution in [0.2, 0.25) is 0 Å². The fraction of sp³-hybridized carbons (Fsp3) is 0.750. The highest BCUT2D eigenvalue weighted by molar-refractivity contribution is 7.89. The van der Waals surface area contributed by atoms with Gasteiger partial charge in [-0.05, 0) is 46.0 Å². The molecule has 2 unspecified atom stereocenters. The number of aryl methyl sites for hydroxylation is 2. The number of piperidine rings is 1. The number of hydrogen-bond donors (Lipinski definition) is 2. The summed E-state index contributed by atoms with van der Waals surface area (Å²) < 4.78 is 37.4. The molecule has 2 amide bonds. The van der Waals surface area contributed by atoms with E-state index >= 15 is 0 Å². The van der Waals surface area contributed by atoms with Crippen molar-refractivity contribution >= 4 is 22.0 Å². The van der Waals surface area contributed by atoms with E-state index in [1.165, 1.54) is 4.31 Å². The summed E-state index contributed by atoms with van der Waals surface area (Å²) in [5.74, 6) is -0.135. The van der Waals surface area contributed by atoms with E-state index in [0.29, 0.717) is 37.4 Å². The lowest BCUT2D eigenvalue weighted by molar-refractivity contribution is -0.126. The fourth-order valence-electron chi connectivity index (χ4n) is 3.82. The number of nitrogens with zero attached hydrogens (tertiary/aromatic N) is 2. The number of amides is 2. The number of ether oxygens (including phenoxy) is 1. The van der Waals surface area contributed by atoms with Gasteiger partial charge in [-0.2, -0.15) is 4.31 Å². The Kier molecular flexibility index (Phi) is 8.87. The molecule has 1 aliphatic heterocycles. The first-order valence-corrected chi connectivity index (χ1v) is 12.1. The Morgan fingerprint density at radius 2 is 2.03 bits per heavy atom. The maximum atomic E-state index is 13.1. The van der Waals surface area contributed by atoms with Crippen molar-refractivity contribution in [1.82, 2.24) is 20.1 Å². The second-order valence-corrected chi connectivity index (χ2v) is 10.2. The molecule has 31 heavy (non-hydrogen) atoms. The molecule has 2 rings (SSSR count). The average molecular weight is 459 g/mol. The van der Waals surface area contributed by atoms with Crippen molar-refractivity contribution in [2.75, 3.05) is 26.2 Å². The molecule has 0 bridgehead atoms. The molecule has 10 nitrogen and oxygen atoms in total. The van der Waals surface area contributed by atoms with Crippen LogP contribution in [0.3, 0.4) is 0 Å². The third kappa shape index (κ3) is 6.67. The molecule has 1 saturated heterocycles. The largest absolute Gasteiger partial charge is 0.450 e. The maximum Gasteiger partial charge on any atom is 0.407 e. The van der Waals surface area contributed by atoms with E-state index in [9.17, 15) is 18.0 Å². The van der Waals surface area contributed by atoms with Crippen molar-refractivity contribution < 1.29 is 27.3 Å². The van der Waals surface area contributed by atoms with E-state index in [1.54, 1.807) is 20.8 Å². The van der Waals surface area contributed by atoms with E-state index in [2.05, 4.69) is 15.8 Å². The van der Waals surface area contributed by atoms with Gasteiger partial charge in [-0.3, -0.25) is 4.79 Å². The Balaban J connectivity index is 2.01. The molecule has 1 aliphatic rings. The molecule has 11 heteroatoms. The molecule has 0 radical (unpaired) electrons. The number of aromatic nitrogens is 1. The van der Waals surface area contributed by atoms with Crippen LogP contribution < -0.4 is 10.6 Å². The van der Waals surface area contributed by atoms with Gasteiger partial charge in [-0.1, -0.05) is 19.0 Å². The smallest absolute Gasteiger partial charge is 0.407 e. The second-order valence-electron chi connectivity index (χ2n) is 8.29. The first-order valence-electron chi connectivity index (χ1n) is 10.7. The fourth-order valence-corrected chi connectivity index (χ4v) is 5.63. The number of carbonyl (C=O) groups excluding carboxylic acids is 2. The SMILES string of the molecule is CCOC(=O)NC(CNC(=O)C1CCCN(S(=O)(=O)c2c(C)noc2C)C1)CC(C)C. The van der Waals surface area contributed by atoms with Gasteiger partial charge in [0.1, 0.15) is 10.6 Å².